The van der Waals surface area contributed by atoms with Crippen molar-refractivity contribution in [3.8, 4) is 0 Å². The van der Waals surface area contributed by atoms with Crippen molar-refractivity contribution >= 4 is 17.3 Å². The van der Waals surface area contributed by atoms with Gasteiger partial charge in [-0.15, -0.1) is 0 Å². The Morgan fingerprint density at radius 1 is 0.939 bits per heavy atom. The van der Waals surface area contributed by atoms with Crippen LogP contribution in [0.2, 0.25) is 0 Å². The monoisotopic (exact) mass is 471 g/mol. The number of halogens is 2. The van der Waals surface area contributed by atoms with Crippen LogP contribution in [0.15, 0.2) is 36.4 Å². The Kier molecular flexibility index (Phi) is 13.7. The van der Waals surface area contributed by atoms with E-state index in [1.807, 2.05) is 6.92 Å². The van der Waals surface area contributed by atoms with Crippen molar-refractivity contribution in [2.45, 2.75) is 58.6 Å². The fourth-order valence-corrected chi connectivity index (χ4v) is 2.58. The number of esters is 1. The number of benzene rings is 2. The largest absolute Gasteiger partial charge is 0.870 e. The lowest BCUT2D eigenvalue weighted by molar-refractivity contribution is -0.382. The molecule has 0 saturated carbocycles. The lowest BCUT2D eigenvalue weighted by Gasteiger charge is -2.21. The first-order chi connectivity index (χ1) is 14.4. The van der Waals surface area contributed by atoms with Crippen LogP contribution in [-0.4, -0.2) is 22.5 Å². The van der Waals surface area contributed by atoms with Gasteiger partial charge in [-0.1, -0.05) is 19.1 Å². The van der Waals surface area contributed by atoms with Crippen LogP contribution in [-0.2, 0) is 9.53 Å². The molecule has 0 amide bonds. The number of nitroso groups, excluding NO2 is 2. The van der Waals surface area contributed by atoms with Crippen LogP contribution >= 0.6 is 0 Å². The van der Waals surface area contributed by atoms with E-state index in [0.29, 0.717) is 5.56 Å². The van der Waals surface area contributed by atoms with E-state index in [9.17, 15) is 23.4 Å². The highest BCUT2D eigenvalue weighted by atomic mass is 19.1. The SMILES string of the molecule is CC(CC(=O)OC(C)(C)C)c1ccc(F)c([NH+]=O)c1.CC(N)c1ccc(F)c([NH+]=O)c1.[OH-].[OH-]. The number of rotatable bonds is 6. The number of ether oxygens (including phenoxy) is 1. The average Bonchev–Trinajstić information content (AvgIpc) is 2.67. The molecule has 0 aliphatic rings. The fourth-order valence-electron chi connectivity index (χ4n) is 2.58. The van der Waals surface area contributed by atoms with E-state index >= 15 is 0 Å². The number of hydrogen-bond acceptors (Lipinski definition) is 7. The van der Waals surface area contributed by atoms with Gasteiger partial charge in [-0.2, -0.15) is 8.78 Å². The molecule has 2 atom stereocenters. The molecular formula is C22H31F2N3O6. The van der Waals surface area contributed by atoms with Gasteiger partial charge in [0.05, 0.1) is 6.42 Å². The third-order valence-corrected chi connectivity index (χ3v) is 4.19. The zero-order valence-corrected chi connectivity index (χ0v) is 19.2. The molecule has 0 radical (unpaired) electrons. The molecule has 2 aromatic carbocycles. The number of nitrogens with two attached hydrogens (primary N) is 1. The molecule has 9 nitrogen and oxygen atoms in total. The number of carbonyl (C=O) groups is 1. The van der Waals surface area contributed by atoms with E-state index in [1.54, 1.807) is 45.0 Å². The van der Waals surface area contributed by atoms with E-state index < -0.39 is 17.2 Å². The van der Waals surface area contributed by atoms with Crippen LogP contribution in [0.3, 0.4) is 0 Å². The van der Waals surface area contributed by atoms with Gasteiger partial charge in [-0.25, -0.2) is 0 Å². The quantitative estimate of drug-likeness (QED) is 0.541. The first kappa shape index (κ1) is 32.0. The summed E-state index contributed by atoms with van der Waals surface area (Å²) in [6, 6.07) is 8.17. The summed E-state index contributed by atoms with van der Waals surface area (Å²) in [5.41, 5.74) is 6.27. The van der Waals surface area contributed by atoms with E-state index in [4.69, 9.17) is 10.5 Å². The van der Waals surface area contributed by atoms with Gasteiger partial charge >= 0.3 is 5.97 Å². The minimum Gasteiger partial charge on any atom is -0.870 e. The molecule has 0 saturated heterocycles. The van der Waals surface area contributed by atoms with Crippen molar-refractivity contribution in [3.63, 3.8) is 0 Å². The molecule has 6 N–H and O–H groups in total. The van der Waals surface area contributed by atoms with Gasteiger partial charge < -0.3 is 21.4 Å². The molecule has 0 aliphatic carbocycles. The summed E-state index contributed by atoms with van der Waals surface area (Å²) in [4.78, 5) is 32.4. The lowest BCUT2D eigenvalue weighted by Crippen LogP contribution is -2.56. The van der Waals surface area contributed by atoms with Crippen molar-refractivity contribution in [2.75, 3.05) is 0 Å². The minimum atomic E-state index is -0.608. The standard InChI is InChI=1S/C14H18FNO3.C8H9FN2O.2H2O/c1-9(7-13(17)19-14(2,3)4)10-5-6-11(15)12(8-10)16-18;1-5(10)6-2-3-7(9)8(4-6)11-12;;/h5-6,8-9H,7H2,1-4H3;2-5H,10H2,1H3;2*1H2. The average molecular weight is 472 g/mol. The Morgan fingerprint density at radius 2 is 1.36 bits per heavy atom. The van der Waals surface area contributed by atoms with Crippen molar-refractivity contribution in [2.24, 2.45) is 5.73 Å². The van der Waals surface area contributed by atoms with Crippen LogP contribution < -0.4 is 16.1 Å². The molecular weight excluding hydrogens is 440 g/mol. The van der Waals surface area contributed by atoms with Gasteiger partial charge in [-0.3, -0.25) is 4.79 Å². The Hall–Kier alpha value is -3.15. The maximum atomic E-state index is 13.2. The topological polar surface area (TPSA) is 174 Å². The molecule has 2 rings (SSSR count). The van der Waals surface area contributed by atoms with E-state index in [-0.39, 0.29) is 46.7 Å². The molecule has 33 heavy (non-hydrogen) atoms. The van der Waals surface area contributed by atoms with E-state index in [1.165, 1.54) is 29.4 Å². The van der Waals surface area contributed by atoms with Gasteiger partial charge in [-0.05, 0) is 56.9 Å². The van der Waals surface area contributed by atoms with Gasteiger partial charge in [0.1, 0.15) is 5.60 Å². The van der Waals surface area contributed by atoms with Crippen molar-refractivity contribution in [1.82, 2.24) is 0 Å². The normalized spacial score (nSPS) is 12.0. The summed E-state index contributed by atoms with van der Waals surface area (Å²) in [5, 5.41) is 3.05. The molecule has 0 aliphatic heterocycles. The zero-order valence-electron chi connectivity index (χ0n) is 19.2. The maximum absolute atomic E-state index is 13.2. The first-order valence-corrected chi connectivity index (χ1v) is 9.70. The zero-order chi connectivity index (χ0) is 23.8. The Labute approximate surface area is 190 Å². The summed E-state index contributed by atoms with van der Waals surface area (Å²) >= 11 is 0. The van der Waals surface area contributed by atoms with Crippen molar-refractivity contribution in [1.29, 1.82) is 0 Å². The lowest BCUT2D eigenvalue weighted by atomic mass is 9.97. The Bertz CT molecular complexity index is 933. The molecule has 2 aromatic rings. The smallest absolute Gasteiger partial charge is 0.306 e. The Balaban J connectivity index is 0. The Morgan fingerprint density at radius 3 is 1.76 bits per heavy atom. The molecule has 0 aromatic heterocycles. The third-order valence-electron chi connectivity index (χ3n) is 4.19. The fraction of sp³-hybridized carbons (Fsp3) is 0.409. The van der Waals surface area contributed by atoms with Crippen LogP contribution in [0.5, 0.6) is 0 Å². The summed E-state index contributed by atoms with van der Waals surface area (Å²) in [6.45, 7) is 8.99. The minimum absolute atomic E-state index is 0. The number of carbonyl (C=O) groups excluding carboxylic acids is 1. The molecule has 0 spiro atoms. The number of nitrogens with one attached hydrogen (secondary N) is 2. The van der Waals surface area contributed by atoms with E-state index in [2.05, 4.69) is 0 Å². The summed E-state index contributed by atoms with van der Waals surface area (Å²) < 4.78 is 31.1. The molecule has 184 valence electrons. The van der Waals surface area contributed by atoms with Gasteiger partial charge in [0.15, 0.2) is 11.6 Å². The number of hydrogen-bond donors (Lipinski definition) is 3. The summed E-state index contributed by atoms with van der Waals surface area (Å²) in [7, 11) is 0. The second-order valence-corrected chi connectivity index (χ2v) is 8.16. The van der Waals surface area contributed by atoms with Crippen LogP contribution in [0.1, 0.15) is 64.1 Å². The van der Waals surface area contributed by atoms with Crippen LogP contribution in [0.4, 0.5) is 20.2 Å². The van der Waals surface area contributed by atoms with Gasteiger partial charge in [0.25, 0.3) is 11.4 Å². The molecule has 0 bridgehead atoms. The predicted octanol–water partition coefficient (Wildman–Crippen LogP) is 2.11. The molecule has 0 fully saturated rings. The van der Waals surface area contributed by atoms with Crippen LogP contribution in [0.25, 0.3) is 0 Å². The third kappa shape index (κ3) is 10.8. The highest BCUT2D eigenvalue weighted by Gasteiger charge is 2.20. The van der Waals surface area contributed by atoms with Crippen molar-refractivity contribution < 1.29 is 39.6 Å². The van der Waals surface area contributed by atoms with Crippen LogP contribution in [0, 0.1) is 21.4 Å². The second kappa shape index (κ2) is 14.1. The highest BCUT2D eigenvalue weighted by molar-refractivity contribution is 5.71. The summed E-state index contributed by atoms with van der Waals surface area (Å²) in [6.07, 6.45) is 0.182. The highest BCUT2D eigenvalue weighted by Crippen LogP contribution is 2.23. The molecule has 11 heteroatoms. The van der Waals surface area contributed by atoms with Gasteiger partial charge in [0, 0.05) is 38.3 Å². The van der Waals surface area contributed by atoms with E-state index in [0.717, 1.165) is 5.56 Å². The maximum Gasteiger partial charge on any atom is 0.306 e. The first-order valence-electron chi connectivity index (χ1n) is 9.70. The molecule has 0 heterocycles. The summed E-state index contributed by atoms with van der Waals surface area (Å²) in [5.74, 6) is -1.64. The predicted molar refractivity (Wildman–Crippen MR) is 116 cm³/mol. The van der Waals surface area contributed by atoms with Crippen molar-refractivity contribution in [3.05, 3.63) is 69.0 Å². The second-order valence-electron chi connectivity index (χ2n) is 8.16. The van der Waals surface area contributed by atoms with Gasteiger partial charge in [0.2, 0.25) is 0 Å². The molecule has 2 unspecified atom stereocenters.